The van der Waals surface area contributed by atoms with Crippen LogP contribution in [-0.2, 0) is 22.4 Å². The predicted molar refractivity (Wildman–Crippen MR) is 139 cm³/mol. The molecule has 182 valence electrons. The van der Waals surface area contributed by atoms with Gasteiger partial charge in [-0.15, -0.1) is 0 Å². The van der Waals surface area contributed by atoms with Crippen molar-refractivity contribution in [3.8, 4) is 11.3 Å². The lowest BCUT2D eigenvalue weighted by Crippen LogP contribution is -2.16. The number of rotatable bonds is 14. The first kappa shape index (κ1) is 25.8. The van der Waals surface area contributed by atoms with Crippen molar-refractivity contribution in [2.45, 2.75) is 65.2 Å². The summed E-state index contributed by atoms with van der Waals surface area (Å²) in [4.78, 5) is 11.2. The molecule has 4 heteroatoms. The van der Waals surface area contributed by atoms with E-state index < -0.39 is 5.97 Å². The molecule has 0 aliphatic carbocycles. The fraction of sp³-hybridized carbons (Fsp3) is 0.433. The number of esters is 1. The van der Waals surface area contributed by atoms with Crippen molar-refractivity contribution in [1.29, 1.82) is 0 Å². The molecule has 34 heavy (non-hydrogen) atoms. The lowest BCUT2D eigenvalue weighted by atomic mass is 9.99. The Bertz CT molecular complexity index is 1080. The molecule has 0 radical (unpaired) electrons. The van der Waals surface area contributed by atoms with Gasteiger partial charge in [-0.25, -0.2) is 4.79 Å². The number of carbonyl (C=O) groups excluding carboxylic acids is 1. The minimum atomic E-state index is -0.442. The molecule has 0 amide bonds. The summed E-state index contributed by atoms with van der Waals surface area (Å²) < 4.78 is 11.3. The second-order valence-electron chi connectivity index (χ2n) is 9.22. The van der Waals surface area contributed by atoms with Crippen LogP contribution in [0.2, 0.25) is 0 Å². The van der Waals surface area contributed by atoms with Gasteiger partial charge in [0.1, 0.15) is 11.3 Å². The molecule has 1 N–H and O–H groups in total. The first-order valence-electron chi connectivity index (χ1n) is 12.6. The minimum Gasteiger partial charge on any atom is -0.462 e. The molecule has 0 spiro atoms. The van der Waals surface area contributed by atoms with Gasteiger partial charge in [0.15, 0.2) is 0 Å². The van der Waals surface area contributed by atoms with Crippen molar-refractivity contribution in [2.24, 2.45) is 5.92 Å². The fourth-order valence-electron chi connectivity index (χ4n) is 4.35. The number of benzene rings is 2. The van der Waals surface area contributed by atoms with Crippen LogP contribution in [0.5, 0.6) is 0 Å². The number of unbranched alkanes of at least 4 members (excludes halogenated alkanes) is 3. The van der Waals surface area contributed by atoms with Gasteiger partial charge in [0, 0.05) is 29.6 Å². The largest absolute Gasteiger partial charge is 0.462 e. The number of aliphatic hydroxyl groups excluding tert-OH is 1. The van der Waals surface area contributed by atoms with Crippen molar-refractivity contribution in [2.75, 3.05) is 13.2 Å². The molecule has 1 unspecified atom stereocenters. The van der Waals surface area contributed by atoms with Crippen LogP contribution in [0.15, 0.2) is 59.5 Å². The van der Waals surface area contributed by atoms with E-state index in [-0.39, 0.29) is 19.1 Å². The van der Waals surface area contributed by atoms with Crippen LogP contribution < -0.4 is 0 Å². The number of aliphatic hydroxyl groups is 1. The van der Waals surface area contributed by atoms with E-state index in [2.05, 4.69) is 62.9 Å². The van der Waals surface area contributed by atoms with Crippen LogP contribution in [0.25, 0.3) is 22.3 Å². The molecule has 0 bridgehead atoms. The van der Waals surface area contributed by atoms with E-state index in [1.165, 1.54) is 36.0 Å². The summed E-state index contributed by atoms with van der Waals surface area (Å²) in [6.45, 7) is 8.04. The second-order valence-corrected chi connectivity index (χ2v) is 9.22. The first-order chi connectivity index (χ1) is 16.5. The molecule has 1 heterocycles. The molecule has 3 rings (SSSR count). The Morgan fingerprint density at radius 2 is 1.79 bits per heavy atom. The van der Waals surface area contributed by atoms with Crippen molar-refractivity contribution >= 4 is 16.9 Å². The van der Waals surface area contributed by atoms with E-state index >= 15 is 0 Å². The summed E-state index contributed by atoms with van der Waals surface area (Å²) in [5.74, 6) is 0.451. The SMILES string of the molecule is C=CC(=O)OCC(CO)CCCCc1ccc2cc(-c3ccc(CCCCC)cc3C)oc2c1. The number of aryl methyl sites for hydroxylation is 3. The zero-order valence-electron chi connectivity index (χ0n) is 20.6. The highest BCUT2D eigenvalue weighted by atomic mass is 16.5. The quantitative estimate of drug-likeness (QED) is 0.156. The molecule has 3 aromatic rings. The van der Waals surface area contributed by atoms with Gasteiger partial charge in [-0.3, -0.25) is 0 Å². The molecule has 1 aromatic heterocycles. The third kappa shape index (κ3) is 7.33. The molecule has 0 saturated heterocycles. The summed E-state index contributed by atoms with van der Waals surface area (Å²) in [5, 5.41) is 10.6. The monoisotopic (exact) mass is 462 g/mol. The van der Waals surface area contributed by atoms with E-state index in [4.69, 9.17) is 9.15 Å². The smallest absolute Gasteiger partial charge is 0.330 e. The number of ether oxygens (including phenoxy) is 1. The summed E-state index contributed by atoms with van der Waals surface area (Å²) in [6.07, 6.45) is 9.78. The summed E-state index contributed by atoms with van der Waals surface area (Å²) in [6, 6.07) is 15.3. The van der Waals surface area contributed by atoms with Gasteiger partial charge in [-0.1, -0.05) is 63.1 Å². The lowest BCUT2D eigenvalue weighted by Gasteiger charge is -2.13. The van der Waals surface area contributed by atoms with Gasteiger partial charge in [-0.05, 0) is 67.9 Å². The molecule has 0 fully saturated rings. The third-order valence-corrected chi connectivity index (χ3v) is 6.42. The Morgan fingerprint density at radius 1 is 1.06 bits per heavy atom. The molecular formula is C30H38O4. The average Bonchev–Trinajstić information content (AvgIpc) is 3.26. The van der Waals surface area contributed by atoms with Crippen LogP contribution in [0, 0.1) is 12.8 Å². The van der Waals surface area contributed by atoms with E-state index in [1.807, 2.05) is 0 Å². The van der Waals surface area contributed by atoms with Crippen LogP contribution in [0.3, 0.4) is 0 Å². The Hall–Kier alpha value is -2.85. The van der Waals surface area contributed by atoms with Crippen molar-refractivity contribution < 1.29 is 19.1 Å². The molecular weight excluding hydrogens is 424 g/mol. The minimum absolute atomic E-state index is 0.0185. The maximum Gasteiger partial charge on any atom is 0.330 e. The Balaban J connectivity index is 1.56. The van der Waals surface area contributed by atoms with Gasteiger partial charge in [-0.2, -0.15) is 0 Å². The van der Waals surface area contributed by atoms with Gasteiger partial charge >= 0.3 is 5.97 Å². The van der Waals surface area contributed by atoms with Gasteiger partial charge in [0.05, 0.1) is 6.61 Å². The normalized spacial score (nSPS) is 12.1. The Morgan fingerprint density at radius 3 is 2.50 bits per heavy atom. The standard InChI is InChI=1S/C30H38O4/c1-4-6-7-10-23-14-16-27(22(3)17-23)29-19-26-15-13-24(18-28(26)34-29)11-8-9-12-25(20-31)21-33-30(32)5-2/h5,13-19,25,31H,2,4,6-12,20-21H2,1,3H3. The molecule has 1 atom stereocenters. The first-order valence-corrected chi connectivity index (χ1v) is 12.6. The van der Waals surface area contributed by atoms with Crippen molar-refractivity contribution in [3.05, 3.63) is 71.8 Å². The zero-order valence-corrected chi connectivity index (χ0v) is 20.6. The maximum atomic E-state index is 11.2. The molecule has 0 aliphatic rings. The summed E-state index contributed by atoms with van der Waals surface area (Å²) in [7, 11) is 0. The molecule has 4 nitrogen and oxygen atoms in total. The van der Waals surface area contributed by atoms with Gasteiger partial charge in [0.2, 0.25) is 0 Å². The zero-order chi connectivity index (χ0) is 24.3. The number of carbonyl (C=O) groups is 1. The van der Waals surface area contributed by atoms with Crippen LogP contribution in [-0.4, -0.2) is 24.3 Å². The van der Waals surface area contributed by atoms with E-state index in [1.54, 1.807) is 0 Å². The number of fused-ring (bicyclic) bond motifs is 1. The van der Waals surface area contributed by atoms with E-state index in [9.17, 15) is 9.90 Å². The van der Waals surface area contributed by atoms with E-state index in [0.717, 1.165) is 60.5 Å². The van der Waals surface area contributed by atoms with Gasteiger partial charge in [0.25, 0.3) is 0 Å². The third-order valence-electron chi connectivity index (χ3n) is 6.42. The Labute approximate surface area is 203 Å². The summed E-state index contributed by atoms with van der Waals surface area (Å²) >= 11 is 0. The second kappa shape index (κ2) is 13.1. The number of furan rings is 1. The van der Waals surface area contributed by atoms with Crippen molar-refractivity contribution in [1.82, 2.24) is 0 Å². The van der Waals surface area contributed by atoms with Crippen molar-refractivity contribution in [3.63, 3.8) is 0 Å². The Kier molecular flexibility index (Phi) is 9.96. The highest BCUT2D eigenvalue weighted by molar-refractivity contribution is 5.84. The average molecular weight is 463 g/mol. The predicted octanol–water partition coefficient (Wildman–Crippen LogP) is 7.19. The van der Waals surface area contributed by atoms with Crippen LogP contribution in [0.1, 0.15) is 62.1 Å². The number of hydrogen-bond donors (Lipinski definition) is 1. The maximum absolute atomic E-state index is 11.2. The van der Waals surface area contributed by atoms with Gasteiger partial charge < -0.3 is 14.3 Å². The van der Waals surface area contributed by atoms with E-state index in [0.29, 0.717) is 0 Å². The molecule has 0 saturated carbocycles. The molecule has 0 aliphatic heterocycles. The highest BCUT2D eigenvalue weighted by Gasteiger charge is 2.12. The highest BCUT2D eigenvalue weighted by Crippen LogP contribution is 2.31. The summed E-state index contributed by atoms with van der Waals surface area (Å²) in [5.41, 5.74) is 5.98. The number of hydrogen-bond acceptors (Lipinski definition) is 4. The topological polar surface area (TPSA) is 59.7 Å². The fourth-order valence-corrected chi connectivity index (χ4v) is 4.35. The van der Waals surface area contributed by atoms with Crippen LogP contribution in [0.4, 0.5) is 0 Å². The molecule has 2 aromatic carbocycles. The van der Waals surface area contributed by atoms with Crippen LogP contribution >= 0.6 is 0 Å². The lowest BCUT2D eigenvalue weighted by molar-refractivity contribution is -0.139.